The number of carbonyl (C=O) groups excluding carboxylic acids is 2. The minimum absolute atomic E-state index is 0.201. The number of hydrogen-bond donors (Lipinski definition) is 2. The molecule has 0 atom stereocenters. The molecule has 0 unspecified atom stereocenters. The minimum Gasteiger partial charge on any atom is -0.459 e. The predicted octanol–water partition coefficient (Wildman–Crippen LogP) is 5.49. The molecule has 0 saturated heterocycles. The summed E-state index contributed by atoms with van der Waals surface area (Å²) in [7, 11) is 0. The fourth-order valence-corrected chi connectivity index (χ4v) is 2.73. The van der Waals surface area contributed by atoms with Crippen LogP contribution >= 0.6 is 23.2 Å². The summed E-state index contributed by atoms with van der Waals surface area (Å²) in [6, 6.07) is 15.0. The van der Waals surface area contributed by atoms with Crippen molar-refractivity contribution < 1.29 is 14.0 Å². The maximum atomic E-state index is 12.1. The maximum Gasteiger partial charge on any atom is 0.291 e. The number of rotatable bonds is 5. The van der Waals surface area contributed by atoms with E-state index < -0.39 is 0 Å². The van der Waals surface area contributed by atoms with Crippen molar-refractivity contribution in [3.8, 4) is 0 Å². The van der Waals surface area contributed by atoms with Gasteiger partial charge in [-0.1, -0.05) is 35.3 Å². The van der Waals surface area contributed by atoms with Crippen LogP contribution in [-0.4, -0.2) is 11.8 Å². The van der Waals surface area contributed by atoms with Gasteiger partial charge in [0.15, 0.2) is 5.76 Å². The van der Waals surface area contributed by atoms with Crippen LogP contribution in [0.25, 0.3) is 6.08 Å². The van der Waals surface area contributed by atoms with Crippen molar-refractivity contribution in [1.29, 1.82) is 0 Å². The molecule has 0 fully saturated rings. The van der Waals surface area contributed by atoms with Crippen molar-refractivity contribution in [2.75, 3.05) is 10.6 Å². The summed E-state index contributed by atoms with van der Waals surface area (Å²) in [5.41, 5.74) is 1.73. The zero-order valence-electron chi connectivity index (χ0n) is 13.9. The zero-order chi connectivity index (χ0) is 19.2. The molecule has 2 N–H and O–H groups in total. The summed E-state index contributed by atoms with van der Waals surface area (Å²) in [5, 5.41) is 6.39. The van der Waals surface area contributed by atoms with Crippen LogP contribution in [0.2, 0.25) is 10.0 Å². The van der Waals surface area contributed by atoms with E-state index in [2.05, 4.69) is 10.6 Å². The SMILES string of the molecule is O=C(/C=C/c1ccc(Cl)cc1Cl)Nc1cccc(NC(=O)c2ccco2)c1. The van der Waals surface area contributed by atoms with Crippen LogP contribution in [0.5, 0.6) is 0 Å². The smallest absolute Gasteiger partial charge is 0.291 e. The number of hydrogen-bond acceptors (Lipinski definition) is 3. The average molecular weight is 401 g/mol. The van der Waals surface area contributed by atoms with Gasteiger partial charge in [0, 0.05) is 27.5 Å². The Labute approximate surface area is 165 Å². The molecule has 0 spiro atoms. The van der Waals surface area contributed by atoms with Crippen molar-refractivity contribution in [3.05, 3.63) is 88.3 Å². The lowest BCUT2D eigenvalue weighted by atomic mass is 10.2. The zero-order valence-corrected chi connectivity index (χ0v) is 15.4. The molecular weight excluding hydrogens is 387 g/mol. The molecule has 0 bridgehead atoms. The Morgan fingerprint density at radius 2 is 1.70 bits per heavy atom. The normalized spacial score (nSPS) is 10.7. The Hall–Kier alpha value is -3.02. The molecule has 3 rings (SSSR count). The highest BCUT2D eigenvalue weighted by molar-refractivity contribution is 6.35. The first-order chi connectivity index (χ1) is 13.0. The molecule has 1 aromatic heterocycles. The number of benzene rings is 2. The van der Waals surface area contributed by atoms with Crippen LogP contribution in [0.1, 0.15) is 16.1 Å². The van der Waals surface area contributed by atoms with Crippen LogP contribution in [0.4, 0.5) is 11.4 Å². The Morgan fingerprint density at radius 1 is 0.926 bits per heavy atom. The Morgan fingerprint density at radius 3 is 2.41 bits per heavy atom. The number of carbonyl (C=O) groups is 2. The fraction of sp³-hybridized carbons (Fsp3) is 0. The second kappa shape index (κ2) is 8.58. The molecule has 0 aliphatic heterocycles. The predicted molar refractivity (Wildman–Crippen MR) is 107 cm³/mol. The molecule has 3 aromatic rings. The van der Waals surface area contributed by atoms with E-state index >= 15 is 0 Å². The van der Waals surface area contributed by atoms with E-state index in [0.717, 1.165) is 0 Å². The molecular formula is C20H14Cl2N2O3. The van der Waals surface area contributed by atoms with E-state index in [4.69, 9.17) is 27.6 Å². The summed E-state index contributed by atoms with van der Waals surface area (Å²) >= 11 is 11.9. The van der Waals surface area contributed by atoms with Crippen molar-refractivity contribution in [3.63, 3.8) is 0 Å². The van der Waals surface area contributed by atoms with E-state index in [-0.39, 0.29) is 17.6 Å². The van der Waals surface area contributed by atoms with Crippen LogP contribution < -0.4 is 10.6 Å². The summed E-state index contributed by atoms with van der Waals surface area (Å²) in [5.74, 6) is -0.511. The van der Waals surface area contributed by atoms with E-state index in [0.29, 0.717) is 27.0 Å². The van der Waals surface area contributed by atoms with Crippen molar-refractivity contribution in [1.82, 2.24) is 0 Å². The molecule has 0 aliphatic rings. The van der Waals surface area contributed by atoms with Crippen molar-refractivity contribution in [2.24, 2.45) is 0 Å². The quantitative estimate of drug-likeness (QED) is 0.556. The highest BCUT2D eigenvalue weighted by Gasteiger charge is 2.09. The third kappa shape index (κ3) is 5.23. The van der Waals surface area contributed by atoms with Gasteiger partial charge in [-0.15, -0.1) is 0 Å². The largest absolute Gasteiger partial charge is 0.459 e. The third-order valence-electron chi connectivity index (χ3n) is 3.51. The van der Waals surface area contributed by atoms with E-state index in [1.807, 2.05) is 0 Å². The molecule has 5 nitrogen and oxygen atoms in total. The minimum atomic E-state index is -0.374. The Bertz CT molecular complexity index is 998. The topological polar surface area (TPSA) is 71.3 Å². The van der Waals surface area contributed by atoms with E-state index in [1.165, 1.54) is 12.3 Å². The lowest BCUT2D eigenvalue weighted by Crippen LogP contribution is -2.12. The average Bonchev–Trinajstić information content (AvgIpc) is 3.16. The highest BCUT2D eigenvalue weighted by Crippen LogP contribution is 2.22. The fourth-order valence-electron chi connectivity index (χ4n) is 2.26. The standard InChI is InChI=1S/C20H14Cl2N2O3/c21-14-8-6-13(17(22)11-14)7-9-19(25)23-15-3-1-4-16(12-15)24-20(26)18-5-2-10-27-18/h1-12H,(H,23,25)(H,24,26)/b9-7+. The number of nitrogens with one attached hydrogen (secondary N) is 2. The molecule has 136 valence electrons. The van der Waals surface area contributed by atoms with Crippen LogP contribution in [0, 0.1) is 0 Å². The summed E-state index contributed by atoms with van der Waals surface area (Å²) in [6.07, 6.45) is 4.38. The van der Waals surface area contributed by atoms with Crippen molar-refractivity contribution in [2.45, 2.75) is 0 Å². The highest BCUT2D eigenvalue weighted by atomic mass is 35.5. The monoisotopic (exact) mass is 400 g/mol. The molecule has 2 aromatic carbocycles. The third-order valence-corrected chi connectivity index (χ3v) is 4.07. The number of furan rings is 1. The Kier molecular flexibility index (Phi) is 5.96. The van der Waals surface area contributed by atoms with E-state index in [1.54, 1.807) is 60.7 Å². The van der Waals surface area contributed by atoms with Gasteiger partial charge >= 0.3 is 0 Å². The molecule has 0 saturated carbocycles. The van der Waals surface area contributed by atoms with Gasteiger partial charge < -0.3 is 15.1 Å². The number of amides is 2. The number of anilines is 2. The van der Waals surface area contributed by atoms with Gasteiger partial charge in [0.05, 0.1) is 6.26 Å². The second-order valence-electron chi connectivity index (χ2n) is 5.50. The maximum absolute atomic E-state index is 12.1. The molecule has 0 aliphatic carbocycles. The first-order valence-electron chi connectivity index (χ1n) is 7.90. The first-order valence-corrected chi connectivity index (χ1v) is 8.66. The van der Waals surface area contributed by atoms with Crippen LogP contribution in [0.3, 0.4) is 0 Å². The van der Waals surface area contributed by atoms with Gasteiger partial charge in [0.1, 0.15) is 0 Å². The summed E-state index contributed by atoms with van der Waals surface area (Å²) < 4.78 is 5.04. The Balaban J connectivity index is 1.64. The molecule has 2 amide bonds. The van der Waals surface area contributed by atoms with Gasteiger partial charge in [0.2, 0.25) is 5.91 Å². The lowest BCUT2D eigenvalue weighted by molar-refractivity contribution is -0.111. The van der Waals surface area contributed by atoms with Gasteiger partial charge in [-0.05, 0) is 54.1 Å². The molecule has 1 heterocycles. The van der Waals surface area contributed by atoms with E-state index in [9.17, 15) is 9.59 Å². The van der Waals surface area contributed by atoms with Gasteiger partial charge in [-0.3, -0.25) is 9.59 Å². The molecule has 27 heavy (non-hydrogen) atoms. The summed E-state index contributed by atoms with van der Waals surface area (Å²) in [6.45, 7) is 0. The second-order valence-corrected chi connectivity index (χ2v) is 6.34. The molecule has 0 radical (unpaired) electrons. The van der Waals surface area contributed by atoms with Gasteiger partial charge in [-0.25, -0.2) is 0 Å². The van der Waals surface area contributed by atoms with Crippen LogP contribution in [0.15, 0.2) is 71.4 Å². The van der Waals surface area contributed by atoms with Gasteiger partial charge in [-0.2, -0.15) is 0 Å². The molecule has 7 heteroatoms. The van der Waals surface area contributed by atoms with Crippen molar-refractivity contribution >= 4 is 52.5 Å². The van der Waals surface area contributed by atoms with Gasteiger partial charge in [0.25, 0.3) is 5.91 Å². The first kappa shape index (κ1) is 18.8. The number of halogens is 2. The lowest BCUT2D eigenvalue weighted by Gasteiger charge is -2.07. The van der Waals surface area contributed by atoms with Crippen LogP contribution in [-0.2, 0) is 4.79 Å². The summed E-state index contributed by atoms with van der Waals surface area (Å²) in [4.78, 5) is 24.1.